The van der Waals surface area contributed by atoms with Gasteiger partial charge in [-0.25, -0.2) is 4.68 Å². The van der Waals surface area contributed by atoms with Crippen molar-refractivity contribution in [1.29, 1.82) is 0 Å². The van der Waals surface area contributed by atoms with E-state index in [9.17, 15) is 0 Å². The van der Waals surface area contributed by atoms with Crippen molar-refractivity contribution in [3.63, 3.8) is 0 Å². The average Bonchev–Trinajstić information content (AvgIpc) is 2.82. The topological polar surface area (TPSA) is 17.8 Å². The van der Waals surface area contributed by atoms with E-state index in [0.29, 0.717) is 0 Å². The smallest absolute Gasteiger partial charge is 0.0651 e. The Kier molecular flexibility index (Phi) is 2.53. The highest BCUT2D eigenvalue weighted by Gasteiger charge is 1.98. The van der Waals surface area contributed by atoms with Crippen molar-refractivity contribution in [3.8, 4) is 5.69 Å². The maximum atomic E-state index is 4.18. The Morgan fingerprint density at radius 1 is 1.40 bits per heavy atom. The number of hydrogen-bond donors (Lipinski definition) is 0. The Morgan fingerprint density at radius 3 is 2.93 bits per heavy atom. The molecule has 1 heterocycles. The summed E-state index contributed by atoms with van der Waals surface area (Å²) in [5.74, 6) is 0. The van der Waals surface area contributed by atoms with Gasteiger partial charge in [0.15, 0.2) is 0 Å². The normalized spacial score (nSPS) is 9.67. The van der Waals surface area contributed by atoms with Gasteiger partial charge in [-0.15, -0.1) is 5.73 Å². The molecule has 0 aliphatic carbocycles. The maximum absolute atomic E-state index is 4.18. The zero-order valence-corrected chi connectivity index (χ0v) is 8.64. The zero-order chi connectivity index (χ0) is 10.7. The van der Waals surface area contributed by atoms with Gasteiger partial charge in [-0.2, -0.15) is 5.10 Å². The predicted molar refractivity (Wildman–Crippen MR) is 61.8 cm³/mol. The molecule has 0 unspecified atom stereocenters. The first-order valence-electron chi connectivity index (χ1n) is 4.78. The van der Waals surface area contributed by atoms with E-state index in [4.69, 9.17) is 0 Å². The molecule has 2 nitrogen and oxygen atoms in total. The fourth-order valence-electron chi connectivity index (χ4n) is 1.41. The zero-order valence-electron chi connectivity index (χ0n) is 8.64. The molecule has 74 valence electrons. The van der Waals surface area contributed by atoms with Crippen LogP contribution in [0.4, 0.5) is 0 Å². The second-order valence-corrected chi connectivity index (χ2v) is 3.30. The molecule has 1 aromatic heterocycles. The van der Waals surface area contributed by atoms with E-state index in [1.54, 1.807) is 6.20 Å². The van der Waals surface area contributed by atoms with Crippen LogP contribution in [-0.2, 0) is 0 Å². The Hall–Kier alpha value is -2.05. The monoisotopic (exact) mass is 196 g/mol. The third kappa shape index (κ3) is 1.90. The number of benzene rings is 1. The highest BCUT2D eigenvalue weighted by molar-refractivity contribution is 5.64. The van der Waals surface area contributed by atoms with Gasteiger partial charge in [-0.05, 0) is 36.3 Å². The molecule has 0 saturated heterocycles. The van der Waals surface area contributed by atoms with Gasteiger partial charge in [0.05, 0.1) is 5.69 Å². The van der Waals surface area contributed by atoms with Crippen LogP contribution in [0.1, 0.15) is 12.5 Å². The first-order valence-corrected chi connectivity index (χ1v) is 4.78. The first kappa shape index (κ1) is 9.50. The van der Waals surface area contributed by atoms with Crippen molar-refractivity contribution in [2.75, 3.05) is 0 Å². The molecule has 2 heteroatoms. The molecular weight excluding hydrogens is 184 g/mol. The van der Waals surface area contributed by atoms with Gasteiger partial charge in [0.1, 0.15) is 0 Å². The van der Waals surface area contributed by atoms with E-state index in [2.05, 4.69) is 23.5 Å². The van der Waals surface area contributed by atoms with Crippen LogP contribution in [-0.4, -0.2) is 9.78 Å². The minimum atomic E-state index is 1.05. The molecule has 0 aliphatic heterocycles. The second-order valence-electron chi connectivity index (χ2n) is 3.30. The largest absolute Gasteiger partial charge is 0.241 e. The van der Waals surface area contributed by atoms with Crippen LogP contribution in [0.2, 0.25) is 0 Å². The van der Waals surface area contributed by atoms with Gasteiger partial charge in [0, 0.05) is 12.4 Å². The summed E-state index contributed by atoms with van der Waals surface area (Å²) in [6.07, 6.45) is 3.69. The lowest BCUT2D eigenvalue weighted by molar-refractivity contribution is 0.880. The molecule has 2 aromatic rings. The number of nitrogens with zero attached hydrogens (tertiary/aromatic N) is 2. The first-order chi connectivity index (χ1) is 7.31. The van der Waals surface area contributed by atoms with Crippen molar-refractivity contribution in [1.82, 2.24) is 9.78 Å². The Balaban J connectivity index is 2.48. The van der Waals surface area contributed by atoms with Crippen LogP contribution in [0.5, 0.6) is 0 Å². The molecule has 15 heavy (non-hydrogen) atoms. The molecule has 0 fully saturated rings. The lowest BCUT2D eigenvalue weighted by Crippen LogP contribution is -1.94. The molecule has 0 saturated carbocycles. The SMILES string of the molecule is C=C=C(C)c1cccc(-n2cccn2)c1. The van der Waals surface area contributed by atoms with Crippen LogP contribution in [0, 0.1) is 0 Å². The molecule has 2 rings (SSSR count). The van der Waals surface area contributed by atoms with Crippen molar-refractivity contribution >= 4 is 5.57 Å². The Morgan fingerprint density at radius 2 is 2.27 bits per heavy atom. The summed E-state index contributed by atoms with van der Waals surface area (Å²) in [6.45, 7) is 5.64. The predicted octanol–water partition coefficient (Wildman–Crippen LogP) is 3.06. The Bertz CT molecular complexity index is 503. The third-order valence-corrected chi connectivity index (χ3v) is 2.31. The van der Waals surface area contributed by atoms with Gasteiger partial charge < -0.3 is 0 Å². The Labute approximate surface area is 89.2 Å². The second kappa shape index (κ2) is 3.99. The fraction of sp³-hybridized carbons (Fsp3) is 0.0769. The van der Waals surface area contributed by atoms with Crippen LogP contribution in [0.3, 0.4) is 0 Å². The van der Waals surface area contributed by atoms with E-state index in [-0.39, 0.29) is 0 Å². The van der Waals surface area contributed by atoms with Gasteiger partial charge in [0.25, 0.3) is 0 Å². The van der Waals surface area contributed by atoms with Crippen LogP contribution in [0.15, 0.2) is 55.0 Å². The third-order valence-electron chi connectivity index (χ3n) is 2.31. The molecule has 0 spiro atoms. The van der Waals surface area contributed by atoms with Crippen molar-refractivity contribution in [2.45, 2.75) is 6.92 Å². The molecule has 0 atom stereocenters. The summed E-state index contributed by atoms with van der Waals surface area (Å²) in [6, 6.07) is 10.0. The van der Waals surface area contributed by atoms with Gasteiger partial charge in [0.2, 0.25) is 0 Å². The highest BCUT2D eigenvalue weighted by Crippen LogP contribution is 2.16. The minimum absolute atomic E-state index is 1.05. The summed E-state index contributed by atoms with van der Waals surface area (Å²) in [5, 5.41) is 4.18. The highest BCUT2D eigenvalue weighted by atomic mass is 15.3. The summed E-state index contributed by atoms with van der Waals surface area (Å²) in [7, 11) is 0. The van der Waals surface area contributed by atoms with E-state index in [1.807, 2.05) is 42.1 Å². The molecule has 1 aromatic carbocycles. The van der Waals surface area contributed by atoms with Crippen LogP contribution >= 0.6 is 0 Å². The fourth-order valence-corrected chi connectivity index (χ4v) is 1.41. The lowest BCUT2D eigenvalue weighted by atomic mass is 10.1. The minimum Gasteiger partial charge on any atom is -0.241 e. The summed E-state index contributed by atoms with van der Waals surface area (Å²) < 4.78 is 1.83. The maximum Gasteiger partial charge on any atom is 0.0651 e. The number of allylic oxidation sites excluding steroid dienone is 1. The summed E-state index contributed by atoms with van der Waals surface area (Å²) in [5.41, 5.74) is 6.11. The van der Waals surface area contributed by atoms with Crippen molar-refractivity contribution in [3.05, 3.63) is 60.6 Å². The average molecular weight is 196 g/mol. The van der Waals surface area contributed by atoms with E-state index < -0.39 is 0 Å². The molecule has 0 amide bonds. The molecule has 0 aliphatic rings. The standard InChI is InChI=1S/C13H12N2/c1-3-11(2)12-6-4-7-13(10-12)15-9-5-8-14-15/h4-10H,1H2,2H3. The van der Waals surface area contributed by atoms with E-state index in [0.717, 1.165) is 16.8 Å². The quantitative estimate of drug-likeness (QED) is 0.675. The molecule has 0 N–H and O–H groups in total. The lowest BCUT2D eigenvalue weighted by Gasteiger charge is -2.04. The number of rotatable bonds is 2. The van der Waals surface area contributed by atoms with Crippen molar-refractivity contribution < 1.29 is 0 Å². The molecular formula is C13H12N2. The summed E-state index contributed by atoms with van der Waals surface area (Å²) >= 11 is 0. The van der Waals surface area contributed by atoms with Crippen LogP contribution in [0.25, 0.3) is 11.3 Å². The van der Waals surface area contributed by atoms with Gasteiger partial charge >= 0.3 is 0 Å². The van der Waals surface area contributed by atoms with Crippen molar-refractivity contribution in [2.24, 2.45) is 0 Å². The molecule has 0 radical (unpaired) electrons. The van der Waals surface area contributed by atoms with E-state index >= 15 is 0 Å². The number of aromatic nitrogens is 2. The summed E-state index contributed by atoms with van der Waals surface area (Å²) in [4.78, 5) is 0. The van der Waals surface area contributed by atoms with Gasteiger partial charge in [-0.3, -0.25) is 0 Å². The van der Waals surface area contributed by atoms with Gasteiger partial charge in [-0.1, -0.05) is 18.7 Å². The van der Waals surface area contributed by atoms with E-state index in [1.165, 1.54) is 0 Å². The van der Waals surface area contributed by atoms with Crippen LogP contribution < -0.4 is 0 Å². The number of hydrogen-bond acceptors (Lipinski definition) is 1. The molecule has 0 bridgehead atoms.